The molecule has 5 heteroatoms. The summed E-state index contributed by atoms with van der Waals surface area (Å²) in [5, 5.41) is 0. The molecule has 0 aromatic heterocycles. The number of nitrogens with zero attached hydrogens (tertiary/aromatic N) is 1. The van der Waals surface area contributed by atoms with Gasteiger partial charge in [0.25, 0.3) is 0 Å². The highest BCUT2D eigenvalue weighted by atomic mass is 32.2. The average molecular weight is 268 g/mol. The van der Waals surface area contributed by atoms with Gasteiger partial charge in [-0.25, -0.2) is 8.42 Å². The molecule has 1 aliphatic heterocycles. The molecule has 2 rings (SSSR count). The molecule has 18 heavy (non-hydrogen) atoms. The van der Waals surface area contributed by atoms with Crippen molar-refractivity contribution in [3.63, 3.8) is 0 Å². The van der Waals surface area contributed by atoms with Gasteiger partial charge in [0, 0.05) is 30.7 Å². The minimum atomic E-state index is -2.86. The number of nitrogens with two attached hydrogens (primary N) is 1. The van der Waals surface area contributed by atoms with Crippen LogP contribution in [0.2, 0.25) is 0 Å². The zero-order valence-corrected chi connectivity index (χ0v) is 11.5. The Morgan fingerprint density at radius 2 is 2.17 bits per heavy atom. The van der Waals surface area contributed by atoms with Crippen molar-refractivity contribution in [3.8, 4) is 0 Å². The number of nitrogen functional groups attached to an aromatic ring is 1. The Labute approximate surface area is 109 Å². The molecule has 0 fully saturated rings. The summed E-state index contributed by atoms with van der Waals surface area (Å²) in [5.74, 6) is 0.251. The van der Waals surface area contributed by atoms with Crippen molar-refractivity contribution in [1.29, 1.82) is 0 Å². The lowest BCUT2D eigenvalue weighted by Gasteiger charge is -2.32. The molecule has 0 atom stereocenters. The van der Waals surface area contributed by atoms with Crippen LogP contribution in [0.1, 0.15) is 18.4 Å². The number of hydrogen-bond donors (Lipinski definition) is 1. The summed E-state index contributed by atoms with van der Waals surface area (Å²) in [5.41, 5.74) is 9.21. The van der Waals surface area contributed by atoms with Gasteiger partial charge in [-0.1, -0.05) is 6.07 Å². The van der Waals surface area contributed by atoms with Gasteiger partial charge in [0.05, 0.1) is 5.75 Å². The standard InChI is InChI=1S/C13H20N2O2S/c1-18(16,17)10-4-9-15-8-3-5-11-12(14)6-2-7-13(11)15/h2,6-7H,3-5,8-10,14H2,1H3. The second-order valence-electron chi connectivity index (χ2n) is 4.92. The Kier molecular flexibility index (Phi) is 3.80. The Hall–Kier alpha value is -1.23. The number of sulfone groups is 1. The molecule has 0 bridgehead atoms. The number of hydrogen-bond acceptors (Lipinski definition) is 4. The zero-order valence-electron chi connectivity index (χ0n) is 10.7. The van der Waals surface area contributed by atoms with E-state index in [4.69, 9.17) is 5.73 Å². The van der Waals surface area contributed by atoms with Crippen LogP contribution in [0.5, 0.6) is 0 Å². The molecule has 100 valence electrons. The van der Waals surface area contributed by atoms with Gasteiger partial charge in [-0.15, -0.1) is 0 Å². The highest BCUT2D eigenvalue weighted by molar-refractivity contribution is 7.90. The van der Waals surface area contributed by atoms with Gasteiger partial charge >= 0.3 is 0 Å². The molecule has 0 aliphatic carbocycles. The van der Waals surface area contributed by atoms with E-state index < -0.39 is 9.84 Å². The van der Waals surface area contributed by atoms with Crippen LogP contribution >= 0.6 is 0 Å². The fourth-order valence-electron chi connectivity index (χ4n) is 2.48. The molecule has 0 saturated heterocycles. The van der Waals surface area contributed by atoms with E-state index in [0.29, 0.717) is 6.42 Å². The second kappa shape index (κ2) is 5.18. The van der Waals surface area contributed by atoms with Crippen molar-refractivity contribution >= 4 is 21.2 Å². The molecule has 0 unspecified atom stereocenters. The van der Waals surface area contributed by atoms with E-state index in [1.54, 1.807) is 0 Å². The highest BCUT2D eigenvalue weighted by Crippen LogP contribution is 2.31. The Balaban J connectivity index is 2.06. The van der Waals surface area contributed by atoms with E-state index in [-0.39, 0.29) is 5.75 Å². The molecule has 4 nitrogen and oxygen atoms in total. The third-order valence-electron chi connectivity index (χ3n) is 3.33. The van der Waals surface area contributed by atoms with Gasteiger partial charge in [-0.2, -0.15) is 0 Å². The average Bonchev–Trinajstić information content (AvgIpc) is 2.29. The van der Waals surface area contributed by atoms with Crippen LogP contribution in [0.4, 0.5) is 11.4 Å². The molecule has 2 N–H and O–H groups in total. The van der Waals surface area contributed by atoms with Crippen LogP contribution in [0.3, 0.4) is 0 Å². The third-order valence-corrected chi connectivity index (χ3v) is 4.36. The predicted molar refractivity (Wildman–Crippen MR) is 75.7 cm³/mol. The number of benzene rings is 1. The van der Waals surface area contributed by atoms with Crippen molar-refractivity contribution in [2.24, 2.45) is 0 Å². The number of rotatable bonds is 4. The lowest BCUT2D eigenvalue weighted by atomic mass is 10.00. The first-order valence-corrected chi connectivity index (χ1v) is 8.33. The molecular formula is C13H20N2O2S. The van der Waals surface area contributed by atoms with Crippen molar-refractivity contribution < 1.29 is 8.42 Å². The van der Waals surface area contributed by atoms with E-state index in [9.17, 15) is 8.42 Å². The van der Waals surface area contributed by atoms with E-state index >= 15 is 0 Å². The Bertz CT molecular complexity index is 526. The zero-order chi connectivity index (χ0) is 13.2. The molecule has 0 spiro atoms. The number of anilines is 2. The minimum Gasteiger partial charge on any atom is -0.398 e. The van der Waals surface area contributed by atoms with Gasteiger partial charge in [-0.3, -0.25) is 0 Å². The van der Waals surface area contributed by atoms with E-state index in [0.717, 1.165) is 31.6 Å². The van der Waals surface area contributed by atoms with Crippen molar-refractivity contribution in [3.05, 3.63) is 23.8 Å². The summed E-state index contributed by atoms with van der Waals surface area (Å²) < 4.78 is 22.3. The van der Waals surface area contributed by atoms with Crippen LogP contribution in [-0.4, -0.2) is 33.5 Å². The first-order chi connectivity index (χ1) is 8.47. The fraction of sp³-hybridized carbons (Fsp3) is 0.538. The predicted octanol–water partition coefficient (Wildman–Crippen LogP) is 1.46. The first kappa shape index (κ1) is 13.2. The first-order valence-electron chi connectivity index (χ1n) is 6.27. The lowest BCUT2D eigenvalue weighted by molar-refractivity contribution is 0.597. The van der Waals surface area contributed by atoms with Crippen molar-refractivity contribution in [2.75, 3.05) is 35.7 Å². The summed E-state index contributed by atoms with van der Waals surface area (Å²) in [4.78, 5) is 2.25. The maximum atomic E-state index is 11.1. The van der Waals surface area contributed by atoms with E-state index in [1.807, 2.05) is 12.1 Å². The fourth-order valence-corrected chi connectivity index (χ4v) is 3.13. The van der Waals surface area contributed by atoms with Crippen LogP contribution in [-0.2, 0) is 16.3 Å². The van der Waals surface area contributed by atoms with Crippen molar-refractivity contribution in [2.45, 2.75) is 19.3 Å². The minimum absolute atomic E-state index is 0.251. The van der Waals surface area contributed by atoms with Gasteiger partial charge < -0.3 is 10.6 Å². The molecule has 0 saturated carbocycles. The monoisotopic (exact) mass is 268 g/mol. The van der Waals surface area contributed by atoms with Crippen molar-refractivity contribution in [1.82, 2.24) is 0 Å². The van der Waals surface area contributed by atoms with Gasteiger partial charge in [0.2, 0.25) is 0 Å². The summed E-state index contributed by atoms with van der Waals surface area (Å²) in [7, 11) is -2.86. The summed E-state index contributed by atoms with van der Waals surface area (Å²) in [6.45, 7) is 1.77. The van der Waals surface area contributed by atoms with E-state index in [1.165, 1.54) is 17.5 Å². The molecule has 0 amide bonds. The van der Waals surface area contributed by atoms with Crippen LogP contribution in [0.25, 0.3) is 0 Å². The molecule has 1 aliphatic rings. The van der Waals surface area contributed by atoms with Crippen LogP contribution in [0.15, 0.2) is 18.2 Å². The topological polar surface area (TPSA) is 63.4 Å². The smallest absolute Gasteiger partial charge is 0.147 e. The van der Waals surface area contributed by atoms with Crippen LogP contribution < -0.4 is 10.6 Å². The SMILES string of the molecule is CS(=O)(=O)CCCN1CCCc2c(N)cccc21. The third kappa shape index (κ3) is 3.16. The normalized spacial score (nSPS) is 15.5. The molecular weight excluding hydrogens is 248 g/mol. The molecule has 1 aromatic rings. The largest absolute Gasteiger partial charge is 0.398 e. The molecule has 1 heterocycles. The highest BCUT2D eigenvalue weighted by Gasteiger charge is 2.18. The van der Waals surface area contributed by atoms with Crippen LogP contribution in [0, 0.1) is 0 Å². The van der Waals surface area contributed by atoms with Gasteiger partial charge in [0.1, 0.15) is 9.84 Å². The summed E-state index contributed by atoms with van der Waals surface area (Å²) in [6.07, 6.45) is 4.06. The summed E-state index contributed by atoms with van der Waals surface area (Å²) >= 11 is 0. The van der Waals surface area contributed by atoms with Gasteiger partial charge in [0.15, 0.2) is 0 Å². The van der Waals surface area contributed by atoms with E-state index in [2.05, 4.69) is 11.0 Å². The Morgan fingerprint density at radius 1 is 1.39 bits per heavy atom. The van der Waals surface area contributed by atoms with Gasteiger partial charge in [-0.05, 0) is 37.0 Å². The Morgan fingerprint density at radius 3 is 2.89 bits per heavy atom. The quantitative estimate of drug-likeness (QED) is 0.840. The second-order valence-corrected chi connectivity index (χ2v) is 7.18. The maximum absolute atomic E-state index is 11.1. The summed E-state index contributed by atoms with van der Waals surface area (Å²) in [6, 6.07) is 5.97. The molecule has 1 aromatic carbocycles. The maximum Gasteiger partial charge on any atom is 0.147 e. The number of fused-ring (bicyclic) bond motifs is 1. The molecule has 0 radical (unpaired) electrons. The lowest BCUT2D eigenvalue weighted by Crippen LogP contribution is -2.31.